The van der Waals surface area contributed by atoms with Gasteiger partial charge in [0.2, 0.25) is 11.8 Å². The number of anilines is 3. The van der Waals surface area contributed by atoms with Crippen LogP contribution >= 0.6 is 0 Å². The van der Waals surface area contributed by atoms with Gasteiger partial charge >= 0.3 is 0 Å². The van der Waals surface area contributed by atoms with Crippen LogP contribution in [0.3, 0.4) is 0 Å². The Bertz CT molecular complexity index is 1260. The van der Waals surface area contributed by atoms with Crippen LogP contribution in [0.2, 0.25) is 0 Å². The lowest BCUT2D eigenvalue weighted by Gasteiger charge is -2.21. The summed E-state index contributed by atoms with van der Waals surface area (Å²) in [5.41, 5.74) is 3.70. The van der Waals surface area contributed by atoms with Crippen LogP contribution in [0.5, 0.6) is 0 Å². The number of benzene rings is 1. The third kappa shape index (κ3) is 2.69. The van der Waals surface area contributed by atoms with Gasteiger partial charge in [0.15, 0.2) is 0 Å². The monoisotopic (exact) mass is 413 g/mol. The summed E-state index contributed by atoms with van der Waals surface area (Å²) < 4.78 is 0. The molecule has 31 heavy (non-hydrogen) atoms. The van der Waals surface area contributed by atoms with Crippen LogP contribution in [0, 0.1) is 6.92 Å². The van der Waals surface area contributed by atoms with Gasteiger partial charge in [-0.15, -0.1) is 0 Å². The van der Waals surface area contributed by atoms with E-state index in [1.807, 2.05) is 52.8 Å². The summed E-state index contributed by atoms with van der Waals surface area (Å²) in [7, 11) is 0. The molecular formula is C24H23N5O2. The lowest BCUT2D eigenvalue weighted by atomic mass is 9.85. The topological polar surface area (TPSA) is 88.1 Å². The van der Waals surface area contributed by atoms with Crippen molar-refractivity contribution in [3.8, 4) is 11.1 Å². The van der Waals surface area contributed by atoms with E-state index in [4.69, 9.17) is 0 Å². The summed E-state index contributed by atoms with van der Waals surface area (Å²) in [4.78, 5) is 40.6. The second kappa shape index (κ2) is 6.20. The average Bonchev–Trinajstić information content (AvgIpc) is 3.08. The molecule has 0 saturated heterocycles. The standard InChI is InChI=1S/C24H23N5O2/c1-13-25-10-15(11-26-13)14-6-7-16-19(8-14)29(22(31)24(16,4)5)20-9-18-17(12-27-20)23(2,3)21(30)28-18/h6-12H,1-5H3,(H,28,30). The smallest absolute Gasteiger partial charge is 0.242 e. The van der Waals surface area contributed by atoms with E-state index in [0.29, 0.717) is 17.3 Å². The predicted molar refractivity (Wildman–Crippen MR) is 118 cm³/mol. The molecule has 0 unspecified atom stereocenters. The molecular weight excluding hydrogens is 390 g/mol. The van der Waals surface area contributed by atoms with E-state index in [-0.39, 0.29) is 11.8 Å². The normalized spacial score (nSPS) is 18.0. The maximum atomic E-state index is 13.4. The van der Waals surface area contributed by atoms with Gasteiger partial charge in [0.1, 0.15) is 11.6 Å². The third-order valence-corrected chi connectivity index (χ3v) is 6.37. The summed E-state index contributed by atoms with van der Waals surface area (Å²) in [6.07, 6.45) is 5.25. The molecule has 0 fully saturated rings. The third-order valence-electron chi connectivity index (χ3n) is 6.37. The minimum absolute atomic E-state index is 0.0594. The highest BCUT2D eigenvalue weighted by atomic mass is 16.2. The highest BCUT2D eigenvalue weighted by Crippen LogP contribution is 2.47. The van der Waals surface area contributed by atoms with Crippen molar-refractivity contribution >= 4 is 29.0 Å². The van der Waals surface area contributed by atoms with Gasteiger partial charge in [-0.25, -0.2) is 15.0 Å². The number of amides is 2. The molecule has 156 valence electrons. The van der Waals surface area contributed by atoms with Gasteiger partial charge in [-0.05, 0) is 51.8 Å². The van der Waals surface area contributed by atoms with Crippen molar-refractivity contribution in [1.82, 2.24) is 15.0 Å². The SMILES string of the molecule is Cc1ncc(-c2ccc3c(c2)N(c2cc4c(cn2)C(C)(C)C(=O)N4)C(=O)C3(C)C)cn1. The van der Waals surface area contributed by atoms with Gasteiger partial charge in [-0.2, -0.15) is 0 Å². The molecule has 0 atom stereocenters. The fourth-order valence-electron chi connectivity index (χ4n) is 4.27. The molecule has 2 aromatic heterocycles. The summed E-state index contributed by atoms with van der Waals surface area (Å²) >= 11 is 0. The molecule has 7 heteroatoms. The first-order valence-corrected chi connectivity index (χ1v) is 10.2. The Hall–Kier alpha value is -3.61. The molecule has 3 aromatic rings. The van der Waals surface area contributed by atoms with Crippen LogP contribution in [0.4, 0.5) is 17.2 Å². The highest BCUT2D eigenvalue weighted by molar-refractivity contribution is 6.13. The number of hydrogen-bond acceptors (Lipinski definition) is 5. The van der Waals surface area contributed by atoms with Crippen LogP contribution in [0.15, 0.2) is 42.9 Å². The van der Waals surface area contributed by atoms with Crippen molar-refractivity contribution in [3.63, 3.8) is 0 Å². The highest BCUT2D eigenvalue weighted by Gasteiger charge is 2.46. The summed E-state index contributed by atoms with van der Waals surface area (Å²) in [6, 6.07) is 7.74. The van der Waals surface area contributed by atoms with Gasteiger partial charge in [0.25, 0.3) is 0 Å². The molecule has 7 nitrogen and oxygen atoms in total. The largest absolute Gasteiger partial charge is 0.325 e. The Morgan fingerprint density at radius 3 is 2.26 bits per heavy atom. The van der Waals surface area contributed by atoms with Crippen molar-refractivity contribution < 1.29 is 9.59 Å². The first kappa shape index (κ1) is 19.4. The van der Waals surface area contributed by atoms with Crippen molar-refractivity contribution in [1.29, 1.82) is 0 Å². The zero-order chi connectivity index (χ0) is 22.1. The molecule has 0 aliphatic carbocycles. The number of carbonyl (C=O) groups is 2. The predicted octanol–water partition coefficient (Wildman–Crippen LogP) is 4.03. The van der Waals surface area contributed by atoms with E-state index in [0.717, 1.165) is 27.9 Å². The van der Waals surface area contributed by atoms with Crippen LogP contribution in [0.25, 0.3) is 11.1 Å². The van der Waals surface area contributed by atoms with Crippen LogP contribution < -0.4 is 10.2 Å². The molecule has 4 heterocycles. The average molecular weight is 413 g/mol. The molecule has 0 saturated carbocycles. The van der Waals surface area contributed by atoms with Crippen LogP contribution in [0.1, 0.15) is 44.6 Å². The second-order valence-corrected chi connectivity index (χ2v) is 9.18. The minimum Gasteiger partial charge on any atom is -0.325 e. The van der Waals surface area contributed by atoms with Gasteiger partial charge in [0, 0.05) is 35.8 Å². The van der Waals surface area contributed by atoms with Gasteiger partial charge in [-0.3, -0.25) is 14.5 Å². The van der Waals surface area contributed by atoms with E-state index in [9.17, 15) is 9.59 Å². The zero-order valence-corrected chi connectivity index (χ0v) is 18.1. The Balaban J connectivity index is 1.64. The minimum atomic E-state index is -0.694. The number of carbonyl (C=O) groups excluding carboxylic acids is 2. The fourth-order valence-corrected chi connectivity index (χ4v) is 4.27. The quantitative estimate of drug-likeness (QED) is 0.685. The van der Waals surface area contributed by atoms with E-state index in [2.05, 4.69) is 20.3 Å². The van der Waals surface area contributed by atoms with Crippen LogP contribution in [-0.2, 0) is 20.4 Å². The fraction of sp³-hybridized carbons (Fsp3) is 0.292. The maximum Gasteiger partial charge on any atom is 0.242 e. The number of rotatable bonds is 2. The lowest BCUT2D eigenvalue weighted by Crippen LogP contribution is -2.33. The van der Waals surface area contributed by atoms with Gasteiger partial charge in [0.05, 0.1) is 22.2 Å². The molecule has 1 N–H and O–H groups in total. The van der Waals surface area contributed by atoms with Crippen molar-refractivity contribution in [3.05, 3.63) is 59.8 Å². The maximum absolute atomic E-state index is 13.4. The van der Waals surface area contributed by atoms with Gasteiger partial charge in [-0.1, -0.05) is 12.1 Å². The number of aromatic nitrogens is 3. The Morgan fingerprint density at radius 2 is 1.55 bits per heavy atom. The van der Waals surface area contributed by atoms with E-state index >= 15 is 0 Å². The van der Waals surface area contributed by atoms with Crippen molar-refractivity contribution in [2.45, 2.75) is 45.4 Å². The summed E-state index contributed by atoms with van der Waals surface area (Å²) in [5.74, 6) is 1.06. The van der Waals surface area contributed by atoms with E-state index < -0.39 is 10.8 Å². The molecule has 2 amide bonds. The Kier molecular flexibility index (Phi) is 3.87. The Morgan fingerprint density at radius 1 is 0.839 bits per heavy atom. The molecule has 0 bridgehead atoms. The molecule has 0 radical (unpaired) electrons. The number of nitrogens with zero attached hydrogens (tertiary/aromatic N) is 4. The number of fused-ring (bicyclic) bond motifs is 2. The molecule has 1 aromatic carbocycles. The Labute approximate surface area is 180 Å². The van der Waals surface area contributed by atoms with E-state index in [1.165, 1.54) is 0 Å². The summed E-state index contributed by atoms with van der Waals surface area (Å²) in [5, 5.41) is 2.92. The first-order chi connectivity index (χ1) is 14.6. The molecule has 5 rings (SSSR count). The zero-order valence-electron chi connectivity index (χ0n) is 18.1. The second-order valence-electron chi connectivity index (χ2n) is 9.18. The molecule has 2 aliphatic heterocycles. The van der Waals surface area contributed by atoms with Crippen LogP contribution in [-0.4, -0.2) is 26.8 Å². The number of aryl methyl sites for hydroxylation is 1. The summed E-state index contributed by atoms with van der Waals surface area (Å²) in [6.45, 7) is 9.41. The van der Waals surface area contributed by atoms with E-state index in [1.54, 1.807) is 29.6 Å². The first-order valence-electron chi connectivity index (χ1n) is 10.2. The molecule has 2 aliphatic rings. The number of pyridine rings is 1. The van der Waals surface area contributed by atoms with Crippen molar-refractivity contribution in [2.75, 3.05) is 10.2 Å². The van der Waals surface area contributed by atoms with Gasteiger partial charge < -0.3 is 5.32 Å². The molecule has 0 spiro atoms. The van der Waals surface area contributed by atoms with Crippen molar-refractivity contribution in [2.24, 2.45) is 0 Å². The number of hydrogen-bond donors (Lipinski definition) is 1. The lowest BCUT2D eigenvalue weighted by molar-refractivity contribution is -0.121. The number of nitrogens with one attached hydrogen (secondary N) is 1.